The number of aliphatic hydroxyl groups is 9. The van der Waals surface area contributed by atoms with Crippen molar-refractivity contribution >= 4 is 10.4 Å². The molecular weight excluding hydrogens is 823 g/mol. The summed E-state index contributed by atoms with van der Waals surface area (Å²) in [5.41, 5.74) is -3.59. The smallest absolute Gasteiger partial charge is 0.726 e. The average Bonchev–Trinajstić information content (AvgIpc) is 3.35. The van der Waals surface area contributed by atoms with Gasteiger partial charge in [0, 0.05) is 25.4 Å². The van der Waals surface area contributed by atoms with E-state index in [1.54, 1.807) is 0 Å². The summed E-state index contributed by atoms with van der Waals surface area (Å²) in [5.74, 6) is -3.28. The van der Waals surface area contributed by atoms with Crippen molar-refractivity contribution in [2.45, 2.75) is 158 Å². The van der Waals surface area contributed by atoms with E-state index >= 15 is 0 Å². The Kier molecular flexibility index (Phi) is 16.6. The fraction of sp³-hybridized carbons (Fsp3) is 0.950. The summed E-state index contributed by atoms with van der Waals surface area (Å²) in [7, 11) is -3.98. The Morgan fingerprint density at radius 2 is 1.40 bits per heavy atom. The van der Waals surface area contributed by atoms with Gasteiger partial charge in [0.2, 0.25) is 10.4 Å². The molecule has 22 atom stereocenters. The van der Waals surface area contributed by atoms with Crippen LogP contribution in [-0.4, -0.2) is 171 Å². The van der Waals surface area contributed by atoms with Crippen LogP contribution in [0.15, 0.2) is 12.2 Å². The fourth-order valence-electron chi connectivity index (χ4n) is 12.5. The van der Waals surface area contributed by atoms with E-state index in [1.807, 2.05) is 46.8 Å². The number of hydrogen-bond donors (Lipinski definition) is 9. The topological polar surface area (TPSA) is 295 Å². The first-order valence-electron chi connectivity index (χ1n) is 21.0. The number of aliphatic hydroxyl groups excluding tert-OH is 8. The molecule has 0 aromatic rings. The van der Waals surface area contributed by atoms with Crippen molar-refractivity contribution in [3.8, 4) is 0 Å². The number of ether oxygens (including phenoxy) is 5. The normalized spacial score (nSPS) is 49.5. The Bertz CT molecular complexity index is 1580. The number of hydrogen-bond acceptors (Lipinski definition) is 18. The Labute approximate surface area is 374 Å². The second kappa shape index (κ2) is 19.5. The molecule has 0 amide bonds. The standard InChI is InChI=1S/C40H68O18S.Na/c1-18(2)20(11-14-54-36-34(30(46)23(43)16-55-36)57-37-33(53-6)29(45)22(42)17-56-37)8-7-19(3)26-31(47)32(48)35-39(26,5)13-10-25-38(4)12-9-21(41)28(44)27(38)24(15-40(25,35)49)58-59(50,51)52;/h7-8,18-37,41-49H,9-17H2,1-6H3,(H,50,51,52);/q;+1/p-1/b8-7+;/t19-,20-,21+,22-,23-,24+,25-,26+,27+,28+,29+,30+,31-,32-,33-,34-,35-,36-,37+,38-,39-,40+;/m1./s1. The first-order chi connectivity index (χ1) is 27.5. The van der Waals surface area contributed by atoms with Gasteiger partial charge in [-0.05, 0) is 72.5 Å². The minimum absolute atomic E-state index is 0. The summed E-state index contributed by atoms with van der Waals surface area (Å²) in [6.45, 7) is 9.41. The first kappa shape index (κ1) is 51.0. The SMILES string of the molecule is CO[C@H]1[C@H](O[C@H]2[C@H](OCC[C@@H](/C=C/[C@@H](C)[C@H]3[C@@H](O)[C@@H](O)[C@@H]4[C@]3(C)CC[C@@H]3[C@@]5(C)CC[C@H](O)[C@H](O)[C@@H]5[C@@H](OS(=O)(=O)[O-])C[C@]34O)C(C)C)OC[C@@H](O)[C@@H]2O)OC[C@@H](O)[C@@H]1O.[Na+]. The molecule has 0 bridgehead atoms. The van der Waals surface area contributed by atoms with Gasteiger partial charge in [-0.2, -0.15) is 0 Å². The van der Waals surface area contributed by atoms with Crippen molar-refractivity contribution < 1.29 is 116 Å². The van der Waals surface area contributed by atoms with Crippen LogP contribution >= 0.6 is 0 Å². The summed E-state index contributed by atoms with van der Waals surface area (Å²) in [4.78, 5) is 0. The summed E-state index contributed by atoms with van der Waals surface area (Å²) >= 11 is 0. The third-order valence-electron chi connectivity index (χ3n) is 15.4. The molecule has 20 heteroatoms. The molecule has 6 rings (SSSR count). The third-order valence-corrected chi connectivity index (χ3v) is 15.8. The predicted molar refractivity (Wildman–Crippen MR) is 203 cm³/mol. The minimum Gasteiger partial charge on any atom is -0.726 e. The van der Waals surface area contributed by atoms with Crippen molar-refractivity contribution in [1.29, 1.82) is 0 Å². The van der Waals surface area contributed by atoms with Crippen molar-refractivity contribution in [3.63, 3.8) is 0 Å². The van der Waals surface area contributed by atoms with Gasteiger partial charge in [0.25, 0.3) is 0 Å². The number of allylic oxidation sites excluding steroid dienone is 2. The van der Waals surface area contributed by atoms with Crippen molar-refractivity contribution in [2.75, 3.05) is 26.9 Å². The van der Waals surface area contributed by atoms with Crippen molar-refractivity contribution in [3.05, 3.63) is 12.2 Å². The maximum absolute atomic E-state index is 12.8. The van der Waals surface area contributed by atoms with Crippen LogP contribution in [0.2, 0.25) is 0 Å². The molecule has 0 aromatic carbocycles. The third kappa shape index (κ3) is 9.50. The molecule has 60 heavy (non-hydrogen) atoms. The zero-order valence-corrected chi connectivity index (χ0v) is 38.5. The van der Waals surface area contributed by atoms with Gasteiger partial charge < -0.3 is 74.2 Å². The van der Waals surface area contributed by atoms with Crippen LogP contribution in [0.25, 0.3) is 0 Å². The van der Waals surface area contributed by atoms with Crippen LogP contribution < -0.4 is 29.6 Å². The second-order valence-electron chi connectivity index (χ2n) is 19.1. The Hall–Kier alpha value is 0.0500. The molecule has 0 unspecified atom stereocenters. The molecule has 18 nitrogen and oxygen atoms in total. The first-order valence-corrected chi connectivity index (χ1v) is 22.4. The summed E-state index contributed by atoms with van der Waals surface area (Å²) < 4.78 is 69.6. The van der Waals surface area contributed by atoms with Crippen LogP contribution in [0.3, 0.4) is 0 Å². The van der Waals surface area contributed by atoms with Crippen LogP contribution in [-0.2, 0) is 38.3 Å². The monoisotopic (exact) mass is 890 g/mol. The van der Waals surface area contributed by atoms with Crippen LogP contribution in [0.4, 0.5) is 0 Å². The van der Waals surface area contributed by atoms with Crippen LogP contribution in [0.5, 0.6) is 0 Å². The molecule has 2 aliphatic heterocycles. The van der Waals surface area contributed by atoms with E-state index in [-0.39, 0.29) is 73.6 Å². The van der Waals surface area contributed by atoms with Gasteiger partial charge in [0.05, 0.1) is 55.9 Å². The van der Waals surface area contributed by atoms with Gasteiger partial charge in [-0.1, -0.05) is 46.8 Å². The van der Waals surface area contributed by atoms with Gasteiger partial charge in [-0.25, -0.2) is 8.42 Å². The van der Waals surface area contributed by atoms with E-state index in [9.17, 15) is 58.9 Å². The quantitative estimate of drug-likeness (QED) is 0.0368. The number of methoxy groups -OCH3 is 1. The predicted octanol–water partition coefficient (Wildman–Crippen LogP) is -4.08. The largest absolute Gasteiger partial charge is 1.00 e. The van der Waals surface area contributed by atoms with Crippen molar-refractivity contribution in [1.82, 2.24) is 0 Å². The maximum Gasteiger partial charge on any atom is 1.00 e. The van der Waals surface area contributed by atoms with Gasteiger partial charge >= 0.3 is 29.6 Å². The van der Waals surface area contributed by atoms with E-state index in [1.165, 1.54) is 7.11 Å². The summed E-state index contributed by atoms with van der Waals surface area (Å²) in [5, 5.41) is 99.8. The average molecular weight is 891 g/mol. The Balaban J connectivity index is 0.00000683. The van der Waals surface area contributed by atoms with E-state index in [4.69, 9.17) is 27.9 Å². The van der Waals surface area contributed by atoms with E-state index in [2.05, 4.69) is 0 Å². The van der Waals surface area contributed by atoms with Crippen molar-refractivity contribution in [2.24, 2.45) is 52.3 Å². The molecule has 0 radical (unpaired) electrons. The molecule has 9 N–H and O–H groups in total. The number of fused-ring (bicyclic) bond motifs is 5. The molecule has 0 aromatic heterocycles. The molecule has 4 aliphatic carbocycles. The molecule has 342 valence electrons. The molecule has 4 saturated carbocycles. The van der Waals surface area contributed by atoms with Crippen LogP contribution in [0, 0.1) is 52.3 Å². The van der Waals surface area contributed by atoms with Gasteiger partial charge in [0.15, 0.2) is 12.6 Å². The number of rotatable bonds is 13. The molecule has 0 spiro atoms. The van der Waals surface area contributed by atoms with Gasteiger partial charge in [-0.3, -0.25) is 4.18 Å². The Morgan fingerprint density at radius 1 is 0.800 bits per heavy atom. The van der Waals surface area contributed by atoms with E-state index < -0.39 is 137 Å². The van der Waals surface area contributed by atoms with Crippen LogP contribution in [0.1, 0.15) is 73.1 Å². The zero-order valence-electron chi connectivity index (χ0n) is 35.7. The van der Waals surface area contributed by atoms with Gasteiger partial charge in [0.1, 0.15) is 36.6 Å². The molecule has 6 fully saturated rings. The molecule has 2 saturated heterocycles. The molecular formula is C40H67NaO18S. The molecule has 2 heterocycles. The maximum atomic E-state index is 12.8. The summed E-state index contributed by atoms with van der Waals surface area (Å²) in [6, 6.07) is 0. The van der Waals surface area contributed by atoms with E-state index in [0.717, 1.165) is 0 Å². The second-order valence-corrected chi connectivity index (χ2v) is 20.1. The van der Waals surface area contributed by atoms with Gasteiger partial charge in [-0.15, -0.1) is 0 Å². The zero-order chi connectivity index (χ0) is 43.6. The Morgan fingerprint density at radius 3 is 2.00 bits per heavy atom. The fourth-order valence-corrected chi connectivity index (χ4v) is 13.0. The summed E-state index contributed by atoms with van der Waals surface area (Å²) in [6.07, 6.45) is -11.1. The van der Waals surface area contributed by atoms with E-state index in [0.29, 0.717) is 25.7 Å². The molecule has 6 aliphatic rings. The minimum atomic E-state index is -5.29.